The largest absolute Gasteiger partial charge is 0.494 e. The van der Waals surface area contributed by atoms with Crippen molar-refractivity contribution in [3.8, 4) is 5.75 Å². The highest BCUT2D eigenvalue weighted by Crippen LogP contribution is 2.13. The van der Waals surface area contributed by atoms with Gasteiger partial charge in [-0.05, 0) is 37.5 Å². The number of piperidine rings is 1. The smallest absolute Gasteiger partial charge is 0.234 e. The van der Waals surface area contributed by atoms with Crippen LogP contribution in [-0.4, -0.2) is 43.1 Å². The Morgan fingerprint density at radius 1 is 1.43 bits per heavy atom. The van der Waals surface area contributed by atoms with Crippen molar-refractivity contribution >= 4 is 5.91 Å². The van der Waals surface area contributed by atoms with Gasteiger partial charge in [0.05, 0.1) is 13.2 Å². The molecule has 0 aromatic heterocycles. The first-order valence-corrected chi connectivity index (χ1v) is 7.63. The van der Waals surface area contributed by atoms with Gasteiger partial charge in [-0.25, -0.2) is 0 Å². The molecule has 0 unspecified atom stereocenters. The van der Waals surface area contributed by atoms with Crippen LogP contribution < -0.4 is 15.8 Å². The lowest BCUT2D eigenvalue weighted by Crippen LogP contribution is -2.44. The van der Waals surface area contributed by atoms with Crippen molar-refractivity contribution in [1.29, 1.82) is 0 Å². The summed E-state index contributed by atoms with van der Waals surface area (Å²) in [5, 5.41) is 2.96. The Bertz CT molecular complexity index is 457. The summed E-state index contributed by atoms with van der Waals surface area (Å²) in [5.74, 6) is 0.904. The van der Waals surface area contributed by atoms with E-state index in [4.69, 9.17) is 10.5 Å². The molecule has 1 amide bonds. The SMILES string of the molecule is CCOc1cccc(CNC(=O)CN2CCC(N)CC2)c1. The molecule has 0 atom stereocenters. The van der Waals surface area contributed by atoms with Crippen molar-refractivity contribution in [3.63, 3.8) is 0 Å². The van der Waals surface area contributed by atoms with Crippen LogP contribution in [0.25, 0.3) is 0 Å². The minimum Gasteiger partial charge on any atom is -0.494 e. The van der Waals surface area contributed by atoms with Crippen molar-refractivity contribution in [2.75, 3.05) is 26.2 Å². The highest BCUT2D eigenvalue weighted by molar-refractivity contribution is 5.78. The summed E-state index contributed by atoms with van der Waals surface area (Å²) in [6.07, 6.45) is 1.95. The van der Waals surface area contributed by atoms with E-state index < -0.39 is 0 Å². The Balaban J connectivity index is 1.74. The Hall–Kier alpha value is -1.59. The van der Waals surface area contributed by atoms with Gasteiger partial charge >= 0.3 is 0 Å². The van der Waals surface area contributed by atoms with Crippen molar-refractivity contribution in [2.45, 2.75) is 32.4 Å². The van der Waals surface area contributed by atoms with E-state index in [2.05, 4.69) is 10.2 Å². The summed E-state index contributed by atoms with van der Waals surface area (Å²) < 4.78 is 5.45. The Labute approximate surface area is 126 Å². The molecule has 1 heterocycles. The second-order valence-electron chi connectivity index (χ2n) is 5.47. The molecule has 0 saturated carbocycles. The second kappa shape index (κ2) is 8.00. The number of nitrogens with one attached hydrogen (secondary N) is 1. The topological polar surface area (TPSA) is 67.6 Å². The van der Waals surface area contributed by atoms with Crippen molar-refractivity contribution in [2.24, 2.45) is 5.73 Å². The van der Waals surface area contributed by atoms with Gasteiger partial charge < -0.3 is 15.8 Å². The fourth-order valence-corrected chi connectivity index (χ4v) is 2.48. The molecule has 0 spiro atoms. The summed E-state index contributed by atoms with van der Waals surface area (Å²) in [4.78, 5) is 14.1. The predicted molar refractivity (Wildman–Crippen MR) is 83.1 cm³/mol. The third-order valence-electron chi connectivity index (χ3n) is 3.70. The standard InChI is InChI=1S/C16H25N3O2/c1-2-21-15-5-3-4-13(10-15)11-18-16(20)12-19-8-6-14(17)7-9-19/h3-5,10,14H,2,6-9,11-12,17H2,1H3,(H,18,20). The molecule has 1 aromatic rings. The van der Waals surface area contributed by atoms with Crippen molar-refractivity contribution in [3.05, 3.63) is 29.8 Å². The number of benzene rings is 1. The number of amides is 1. The molecule has 1 aliphatic rings. The molecule has 2 rings (SSSR count). The fourth-order valence-electron chi connectivity index (χ4n) is 2.48. The van der Waals surface area contributed by atoms with Crippen LogP contribution in [0.5, 0.6) is 5.75 Å². The maximum atomic E-state index is 12.0. The van der Waals surface area contributed by atoms with Gasteiger partial charge in [0.2, 0.25) is 5.91 Å². The van der Waals surface area contributed by atoms with Gasteiger partial charge in [0.25, 0.3) is 0 Å². The molecule has 1 fully saturated rings. The van der Waals surface area contributed by atoms with Crippen LogP contribution in [0.3, 0.4) is 0 Å². The van der Waals surface area contributed by atoms with E-state index >= 15 is 0 Å². The van der Waals surface area contributed by atoms with Crippen LogP contribution in [0.1, 0.15) is 25.3 Å². The summed E-state index contributed by atoms with van der Waals surface area (Å²) in [7, 11) is 0. The molecule has 116 valence electrons. The fraction of sp³-hybridized carbons (Fsp3) is 0.562. The second-order valence-corrected chi connectivity index (χ2v) is 5.47. The number of hydrogen-bond acceptors (Lipinski definition) is 4. The van der Waals surface area contributed by atoms with Gasteiger partial charge in [0, 0.05) is 25.7 Å². The molecule has 1 saturated heterocycles. The third-order valence-corrected chi connectivity index (χ3v) is 3.70. The van der Waals surface area contributed by atoms with Crippen LogP contribution in [0.4, 0.5) is 0 Å². The van der Waals surface area contributed by atoms with Gasteiger partial charge in [-0.3, -0.25) is 9.69 Å². The molecule has 21 heavy (non-hydrogen) atoms. The first kappa shape index (κ1) is 15.8. The zero-order chi connectivity index (χ0) is 15.1. The van der Waals surface area contributed by atoms with Crippen LogP contribution in [-0.2, 0) is 11.3 Å². The average Bonchev–Trinajstić information content (AvgIpc) is 2.48. The molecule has 0 bridgehead atoms. The predicted octanol–water partition coefficient (Wildman–Crippen LogP) is 1.12. The average molecular weight is 291 g/mol. The lowest BCUT2D eigenvalue weighted by molar-refractivity contribution is -0.122. The highest BCUT2D eigenvalue weighted by atomic mass is 16.5. The molecule has 1 aliphatic heterocycles. The molecule has 5 heteroatoms. The highest BCUT2D eigenvalue weighted by Gasteiger charge is 2.17. The number of rotatable bonds is 6. The molecule has 1 aromatic carbocycles. The Kier molecular flexibility index (Phi) is 6.02. The van der Waals surface area contributed by atoms with Gasteiger partial charge in [0.15, 0.2) is 0 Å². The maximum absolute atomic E-state index is 12.0. The van der Waals surface area contributed by atoms with Gasteiger partial charge in [0.1, 0.15) is 5.75 Å². The van der Waals surface area contributed by atoms with E-state index in [1.165, 1.54) is 0 Å². The van der Waals surface area contributed by atoms with Crippen LogP contribution in [0, 0.1) is 0 Å². The summed E-state index contributed by atoms with van der Waals surface area (Å²) in [6.45, 7) is 5.42. The summed E-state index contributed by atoms with van der Waals surface area (Å²) in [5.41, 5.74) is 6.91. The molecular weight excluding hydrogens is 266 g/mol. The van der Waals surface area contributed by atoms with Gasteiger partial charge in [-0.2, -0.15) is 0 Å². The van der Waals surface area contributed by atoms with Gasteiger partial charge in [-0.1, -0.05) is 12.1 Å². The molecular formula is C16H25N3O2. The number of likely N-dealkylation sites (tertiary alicyclic amines) is 1. The van der Waals surface area contributed by atoms with Crippen LogP contribution >= 0.6 is 0 Å². The Morgan fingerprint density at radius 2 is 2.19 bits per heavy atom. The summed E-state index contributed by atoms with van der Waals surface area (Å²) in [6, 6.07) is 8.11. The molecule has 5 nitrogen and oxygen atoms in total. The number of carbonyl (C=O) groups excluding carboxylic acids is 1. The zero-order valence-corrected chi connectivity index (χ0v) is 12.7. The summed E-state index contributed by atoms with van der Waals surface area (Å²) >= 11 is 0. The number of ether oxygens (including phenoxy) is 1. The minimum atomic E-state index is 0.0623. The first-order valence-electron chi connectivity index (χ1n) is 7.63. The third kappa shape index (κ3) is 5.36. The zero-order valence-electron chi connectivity index (χ0n) is 12.7. The van der Waals surface area contributed by atoms with E-state index in [0.29, 0.717) is 25.7 Å². The molecule has 0 aliphatic carbocycles. The number of nitrogens with zero attached hydrogens (tertiary/aromatic N) is 1. The normalized spacial score (nSPS) is 16.7. The van der Waals surface area contributed by atoms with E-state index in [0.717, 1.165) is 37.2 Å². The molecule has 0 radical (unpaired) electrons. The number of carbonyl (C=O) groups is 1. The van der Waals surface area contributed by atoms with E-state index in [1.807, 2.05) is 31.2 Å². The Morgan fingerprint density at radius 3 is 2.90 bits per heavy atom. The molecule has 3 N–H and O–H groups in total. The van der Waals surface area contributed by atoms with E-state index in [1.54, 1.807) is 0 Å². The van der Waals surface area contributed by atoms with Crippen molar-refractivity contribution < 1.29 is 9.53 Å². The van der Waals surface area contributed by atoms with Gasteiger partial charge in [-0.15, -0.1) is 0 Å². The quantitative estimate of drug-likeness (QED) is 0.824. The lowest BCUT2D eigenvalue weighted by atomic mass is 10.1. The van der Waals surface area contributed by atoms with Crippen LogP contribution in [0.2, 0.25) is 0 Å². The first-order chi connectivity index (χ1) is 10.2. The number of hydrogen-bond donors (Lipinski definition) is 2. The maximum Gasteiger partial charge on any atom is 0.234 e. The number of nitrogens with two attached hydrogens (primary N) is 1. The van der Waals surface area contributed by atoms with Crippen molar-refractivity contribution in [1.82, 2.24) is 10.2 Å². The minimum absolute atomic E-state index is 0.0623. The van der Waals surface area contributed by atoms with E-state index in [-0.39, 0.29) is 5.91 Å². The lowest BCUT2D eigenvalue weighted by Gasteiger charge is -2.29. The van der Waals surface area contributed by atoms with Crippen LogP contribution in [0.15, 0.2) is 24.3 Å². The monoisotopic (exact) mass is 291 g/mol. The van der Waals surface area contributed by atoms with E-state index in [9.17, 15) is 4.79 Å².